The molecule has 1 aliphatic heterocycles. The first-order valence-electron chi connectivity index (χ1n) is 4.25. The van der Waals surface area contributed by atoms with Crippen LogP contribution in [0.4, 0.5) is 0 Å². The number of nitrogens with zero attached hydrogens (tertiary/aromatic N) is 1. The fourth-order valence-corrected chi connectivity index (χ4v) is 2.28. The van der Waals surface area contributed by atoms with Crippen molar-refractivity contribution in [3.8, 4) is 0 Å². The van der Waals surface area contributed by atoms with Crippen molar-refractivity contribution >= 4 is 0 Å². The minimum absolute atomic E-state index is 0.876. The second kappa shape index (κ2) is 2.21. The summed E-state index contributed by atoms with van der Waals surface area (Å²) in [4.78, 5) is 2.43. The van der Waals surface area contributed by atoms with Crippen LogP contribution in [0.3, 0.4) is 0 Å². The first kappa shape index (κ1) is 6.62. The van der Waals surface area contributed by atoms with E-state index in [-0.39, 0.29) is 0 Å². The van der Waals surface area contributed by atoms with Gasteiger partial charge in [0.25, 0.3) is 0 Å². The molecule has 0 amide bonds. The molecule has 1 saturated carbocycles. The third-order valence-electron chi connectivity index (χ3n) is 2.82. The summed E-state index contributed by atoms with van der Waals surface area (Å²) < 4.78 is 0. The van der Waals surface area contributed by atoms with E-state index in [1.54, 1.807) is 0 Å². The zero-order valence-electron chi connectivity index (χ0n) is 6.80. The summed E-state index contributed by atoms with van der Waals surface area (Å²) in [6, 6.07) is 0.876. The molecule has 0 bridgehead atoms. The van der Waals surface area contributed by atoms with E-state index in [9.17, 15) is 0 Å². The number of likely N-dealkylation sites (tertiary alicyclic amines) is 1. The highest BCUT2D eigenvalue weighted by atomic mass is 15.2. The van der Waals surface area contributed by atoms with Crippen LogP contribution in [0.25, 0.3) is 0 Å². The molecule has 0 aromatic carbocycles. The number of hydrogen-bond acceptors (Lipinski definition) is 2. The molecule has 1 heterocycles. The fourth-order valence-electron chi connectivity index (χ4n) is 2.28. The van der Waals surface area contributed by atoms with E-state index in [0.29, 0.717) is 0 Å². The van der Waals surface area contributed by atoms with Crippen LogP contribution in [-0.4, -0.2) is 37.6 Å². The number of piperidine rings is 1. The first-order valence-corrected chi connectivity index (χ1v) is 4.25. The molecule has 1 aliphatic carbocycles. The highest BCUT2D eigenvalue weighted by Crippen LogP contribution is 2.44. The van der Waals surface area contributed by atoms with Gasteiger partial charge in [0.15, 0.2) is 0 Å². The van der Waals surface area contributed by atoms with E-state index < -0.39 is 0 Å². The van der Waals surface area contributed by atoms with Crippen LogP contribution in [0.1, 0.15) is 6.92 Å². The largest absolute Gasteiger partial charge is 0.314 e. The summed E-state index contributed by atoms with van der Waals surface area (Å²) in [5.41, 5.74) is 0. The molecular weight excluding hydrogens is 124 g/mol. The Bertz CT molecular complexity index is 116. The monoisotopic (exact) mass is 140 g/mol. The third-order valence-corrected chi connectivity index (χ3v) is 2.82. The summed E-state index contributed by atoms with van der Waals surface area (Å²) in [5.74, 6) is 1.98. The lowest BCUT2D eigenvalue weighted by Gasteiger charge is -2.12. The van der Waals surface area contributed by atoms with Crippen molar-refractivity contribution in [1.29, 1.82) is 0 Å². The van der Waals surface area contributed by atoms with E-state index >= 15 is 0 Å². The first-order chi connectivity index (χ1) is 4.83. The highest BCUT2D eigenvalue weighted by molar-refractivity contribution is 5.09. The molecule has 2 rings (SSSR count). The van der Waals surface area contributed by atoms with Gasteiger partial charge in [-0.25, -0.2) is 0 Å². The average molecular weight is 140 g/mol. The van der Waals surface area contributed by atoms with Gasteiger partial charge in [-0.05, 0) is 25.4 Å². The summed E-state index contributed by atoms with van der Waals surface area (Å²) in [6.45, 7) is 5.98. The predicted octanol–water partition coefficient (Wildman–Crippen LogP) is 0.156. The van der Waals surface area contributed by atoms with Crippen LogP contribution in [-0.2, 0) is 0 Å². The van der Waals surface area contributed by atoms with Gasteiger partial charge >= 0.3 is 0 Å². The van der Waals surface area contributed by atoms with Crippen LogP contribution in [0.5, 0.6) is 0 Å². The molecule has 0 spiro atoms. The van der Waals surface area contributed by atoms with Crippen LogP contribution in [0.2, 0.25) is 0 Å². The van der Waals surface area contributed by atoms with Crippen molar-refractivity contribution in [3.63, 3.8) is 0 Å². The Morgan fingerprint density at radius 2 is 2.00 bits per heavy atom. The second-order valence-corrected chi connectivity index (χ2v) is 3.63. The maximum atomic E-state index is 3.52. The summed E-state index contributed by atoms with van der Waals surface area (Å²) in [7, 11) is 2.22. The van der Waals surface area contributed by atoms with Gasteiger partial charge in [0.05, 0.1) is 0 Å². The Balaban J connectivity index is 1.81. The Morgan fingerprint density at radius 3 is 2.50 bits per heavy atom. The standard InChI is InChI=1S/C8H16N2/c1-3-9-8-6-4-10(2)5-7(6)8/h6-9H,3-5H2,1-2H3. The summed E-state index contributed by atoms with van der Waals surface area (Å²) in [5, 5.41) is 3.52. The fraction of sp³-hybridized carbons (Fsp3) is 1.00. The van der Waals surface area contributed by atoms with Gasteiger partial charge in [0, 0.05) is 19.1 Å². The molecule has 2 fully saturated rings. The molecule has 2 heteroatoms. The Hall–Kier alpha value is -0.0800. The van der Waals surface area contributed by atoms with E-state index in [1.165, 1.54) is 13.1 Å². The van der Waals surface area contributed by atoms with Crippen molar-refractivity contribution in [1.82, 2.24) is 10.2 Å². The quantitative estimate of drug-likeness (QED) is 0.587. The minimum atomic E-state index is 0.876. The number of nitrogens with one attached hydrogen (secondary N) is 1. The molecule has 2 nitrogen and oxygen atoms in total. The lowest BCUT2D eigenvalue weighted by molar-refractivity contribution is 0.350. The molecule has 10 heavy (non-hydrogen) atoms. The summed E-state index contributed by atoms with van der Waals surface area (Å²) in [6.07, 6.45) is 0. The minimum Gasteiger partial charge on any atom is -0.314 e. The highest BCUT2D eigenvalue weighted by Gasteiger charge is 2.54. The van der Waals surface area contributed by atoms with Gasteiger partial charge in [-0.1, -0.05) is 6.92 Å². The van der Waals surface area contributed by atoms with E-state index in [4.69, 9.17) is 0 Å². The maximum absolute atomic E-state index is 3.52. The molecule has 58 valence electrons. The Kier molecular flexibility index (Phi) is 1.46. The molecule has 0 aromatic rings. The Labute approximate surface area is 62.6 Å². The van der Waals surface area contributed by atoms with Crippen LogP contribution >= 0.6 is 0 Å². The smallest absolute Gasteiger partial charge is 0.0155 e. The summed E-state index contributed by atoms with van der Waals surface area (Å²) >= 11 is 0. The van der Waals surface area contributed by atoms with Crippen LogP contribution in [0.15, 0.2) is 0 Å². The van der Waals surface area contributed by atoms with Crippen molar-refractivity contribution < 1.29 is 0 Å². The van der Waals surface area contributed by atoms with Crippen molar-refractivity contribution in [2.24, 2.45) is 11.8 Å². The maximum Gasteiger partial charge on any atom is 0.0155 e. The van der Waals surface area contributed by atoms with Gasteiger partial charge in [-0.15, -0.1) is 0 Å². The Morgan fingerprint density at radius 1 is 1.40 bits per heavy atom. The van der Waals surface area contributed by atoms with E-state index in [0.717, 1.165) is 24.4 Å². The van der Waals surface area contributed by atoms with E-state index in [2.05, 4.69) is 24.2 Å². The molecule has 2 aliphatic rings. The predicted molar refractivity (Wildman–Crippen MR) is 41.9 cm³/mol. The molecule has 2 unspecified atom stereocenters. The van der Waals surface area contributed by atoms with Gasteiger partial charge in [-0.3, -0.25) is 0 Å². The van der Waals surface area contributed by atoms with E-state index in [1.807, 2.05) is 0 Å². The average Bonchev–Trinajstić information content (AvgIpc) is 2.43. The van der Waals surface area contributed by atoms with Gasteiger partial charge in [-0.2, -0.15) is 0 Å². The van der Waals surface area contributed by atoms with Gasteiger partial charge < -0.3 is 10.2 Å². The lowest BCUT2D eigenvalue weighted by Crippen LogP contribution is -2.28. The molecule has 2 atom stereocenters. The van der Waals surface area contributed by atoms with Crippen molar-refractivity contribution in [2.45, 2.75) is 13.0 Å². The zero-order chi connectivity index (χ0) is 7.14. The van der Waals surface area contributed by atoms with Crippen LogP contribution < -0.4 is 5.32 Å². The lowest BCUT2D eigenvalue weighted by atomic mass is 10.4. The van der Waals surface area contributed by atoms with Gasteiger partial charge in [0.1, 0.15) is 0 Å². The van der Waals surface area contributed by atoms with Crippen molar-refractivity contribution in [2.75, 3.05) is 26.7 Å². The normalized spacial score (nSPS) is 45.6. The SMILES string of the molecule is CCNC1C2CN(C)CC21. The molecular formula is C8H16N2. The van der Waals surface area contributed by atoms with Crippen molar-refractivity contribution in [3.05, 3.63) is 0 Å². The van der Waals surface area contributed by atoms with Crippen LogP contribution in [0, 0.1) is 11.8 Å². The third kappa shape index (κ3) is 0.867. The zero-order valence-corrected chi connectivity index (χ0v) is 6.80. The molecule has 0 radical (unpaired) electrons. The molecule has 1 saturated heterocycles. The van der Waals surface area contributed by atoms with Gasteiger partial charge in [0.2, 0.25) is 0 Å². The molecule has 0 aromatic heterocycles. The number of rotatable bonds is 2. The number of fused-ring (bicyclic) bond motifs is 1. The molecule has 1 N–H and O–H groups in total. The second-order valence-electron chi connectivity index (χ2n) is 3.63. The number of hydrogen-bond donors (Lipinski definition) is 1. The topological polar surface area (TPSA) is 15.3 Å².